The predicted octanol–water partition coefficient (Wildman–Crippen LogP) is 3.98. The smallest absolute Gasteiger partial charge is 0.222 e. The lowest BCUT2D eigenvalue weighted by atomic mass is 9.99. The number of aromatic nitrogens is 1. The van der Waals surface area contributed by atoms with Crippen molar-refractivity contribution in [3.63, 3.8) is 0 Å². The molecule has 0 spiro atoms. The fraction of sp³-hybridized carbons (Fsp3) is 0.360. The molecule has 1 aliphatic rings. The number of carbonyl (C=O) groups excluding carboxylic acids is 1. The van der Waals surface area contributed by atoms with Gasteiger partial charge in [0.05, 0.1) is 34.1 Å². The second kappa shape index (κ2) is 9.34. The van der Waals surface area contributed by atoms with Crippen LogP contribution in [0, 0.1) is 0 Å². The van der Waals surface area contributed by atoms with Gasteiger partial charge in [0, 0.05) is 37.5 Å². The summed E-state index contributed by atoms with van der Waals surface area (Å²) >= 11 is 0. The van der Waals surface area contributed by atoms with Gasteiger partial charge in [-0.3, -0.25) is 9.78 Å². The van der Waals surface area contributed by atoms with E-state index in [1.54, 1.807) is 28.4 Å². The first-order valence-corrected chi connectivity index (χ1v) is 10.6. The Morgan fingerprint density at radius 3 is 2.16 bits per heavy atom. The van der Waals surface area contributed by atoms with E-state index in [0.29, 0.717) is 42.4 Å². The number of likely N-dealkylation sites (tertiary alicyclic amines) is 1. The Morgan fingerprint density at radius 2 is 1.53 bits per heavy atom. The minimum absolute atomic E-state index is 0.188. The summed E-state index contributed by atoms with van der Waals surface area (Å²) < 4.78 is 21.9. The molecule has 168 valence electrons. The molecule has 1 amide bonds. The summed E-state index contributed by atoms with van der Waals surface area (Å²) in [7, 11) is 6.49. The molecule has 2 aromatic carbocycles. The average molecular weight is 437 g/mol. The van der Waals surface area contributed by atoms with Gasteiger partial charge in [0.25, 0.3) is 0 Å². The molecule has 0 unspecified atom stereocenters. The van der Waals surface area contributed by atoms with E-state index in [2.05, 4.69) is 0 Å². The van der Waals surface area contributed by atoms with Crippen LogP contribution in [0.15, 0.2) is 36.5 Å². The van der Waals surface area contributed by atoms with Crippen molar-refractivity contribution < 1.29 is 23.7 Å². The van der Waals surface area contributed by atoms with Gasteiger partial charge in [-0.05, 0) is 47.2 Å². The molecule has 0 radical (unpaired) electrons. The number of fused-ring (bicyclic) bond motifs is 1. The first kappa shape index (κ1) is 21.7. The van der Waals surface area contributed by atoms with E-state index < -0.39 is 0 Å². The first-order valence-electron chi connectivity index (χ1n) is 10.6. The van der Waals surface area contributed by atoms with Gasteiger partial charge < -0.3 is 23.8 Å². The number of benzene rings is 2. The SMILES string of the molecule is COc1ccc(Cc2ncc(CN3CCCC3=O)c3cc(OC)c(OC)cc23)cc1OC. The van der Waals surface area contributed by atoms with Crippen LogP contribution in [-0.4, -0.2) is 50.8 Å². The lowest BCUT2D eigenvalue weighted by molar-refractivity contribution is -0.128. The maximum absolute atomic E-state index is 12.2. The quantitative estimate of drug-likeness (QED) is 0.532. The number of methoxy groups -OCH3 is 4. The van der Waals surface area contributed by atoms with Crippen molar-refractivity contribution in [1.82, 2.24) is 9.88 Å². The number of hydrogen-bond acceptors (Lipinski definition) is 6. The van der Waals surface area contributed by atoms with Crippen molar-refractivity contribution in [2.24, 2.45) is 0 Å². The van der Waals surface area contributed by atoms with Crippen LogP contribution in [0.4, 0.5) is 0 Å². The van der Waals surface area contributed by atoms with Crippen molar-refractivity contribution in [1.29, 1.82) is 0 Å². The second-order valence-electron chi connectivity index (χ2n) is 7.77. The molecule has 7 nitrogen and oxygen atoms in total. The number of nitrogens with zero attached hydrogens (tertiary/aromatic N) is 2. The van der Waals surface area contributed by atoms with Crippen LogP contribution >= 0.6 is 0 Å². The van der Waals surface area contributed by atoms with Gasteiger partial charge in [-0.25, -0.2) is 0 Å². The molecular formula is C25H28N2O5. The third-order valence-electron chi connectivity index (χ3n) is 5.91. The van der Waals surface area contributed by atoms with Crippen LogP contribution < -0.4 is 18.9 Å². The van der Waals surface area contributed by atoms with E-state index >= 15 is 0 Å². The lowest BCUT2D eigenvalue weighted by Gasteiger charge is -2.19. The molecule has 0 bridgehead atoms. The molecule has 0 saturated carbocycles. The molecule has 0 N–H and O–H groups in total. The summed E-state index contributed by atoms with van der Waals surface area (Å²) in [5, 5.41) is 1.98. The van der Waals surface area contributed by atoms with E-state index in [4.69, 9.17) is 23.9 Å². The number of amides is 1. The predicted molar refractivity (Wildman–Crippen MR) is 122 cm³/mol. The molecule has 1 aromatic heterocycles. The molecule has 32 heavy (non-hydrogen) atoms. The number of rotatable bonds is 8. The molecule has 4 rings (SSSR count). The average Bonchev–Trinajstić information content (AvgIpc) is 3.23. The molecular weight excluding hydrogens is 408 g/mol. The van der Waals surface area contributed by atoms with E-state index in [1.807, 2.05) is 41.4 Å². The van der Waals surface area contributed by atoms with Gasteiger partial charge >= 0.3 is 0 Å². The zero-order chi connectivity index (χ0) is 22.7. The van der Waals surface area contributed by atoms with Crippen LogP contribution in [0.25, 0.3) is 10.8 Å². The minimum atomic E-state index is 0.188. The summed E-state index contributed by atoms with van der Waals surface area (Å²) in [4.78, 5) is 18.9. The highest BCUT2D eigenvalue weighted by atomic mass is 16.5. The highest BCUT2D eigenvalue weighted by Crippen LogP contribution is 2.36. The van der Waals surface area contributed by atoms with Crippen LogP contribution in [-0.2, 0) is 17.8 Å². The first-order chi connectivity index (χ1) is 15.6. The largest absolute Gasteiger partial charge is 0.493 e. The van der Waals surface area contributed by atoms with Crippen molar-refractivity contribution >= 4 is 16.7 Å². The summed E-state index contributed by atoms with van der Waals surface area (Å²) in [5.74, 6) is 2.85. The van der Waals surface area contributed by atoms with Gasteiger partial charge in [0.1, 0.15) is 0 Å². The Balaban J connectivity index is 1.79. The highest BCUT2D eigenvalue weighted by molar-refractivity contribution is 5.91. The van der Waals surface area contributed by atoms with Gasteiger partial charge in [0.15, 0.2) is 23.0 Å². The Bertz CT molecular complexity index is 1140. The van der Waals surface area contributed by atoms with Crippen molar-refractivity contribution in [3.05, 3.63) is 53.3 Å². The van der Waals surface area contributed by atoms with Gasteiger partial charge in [0.2, 0.25) is 5.91 Å². The summed E-state index contributed by atoms with van der Waals surface area (Å²) in [5.41, 5.74) is 2.95. The molecule has 7 heteroatoms. The van der Waals surface area contributed by atoms with Crippen molar-refractivity contribution in [2.45, 2.75) is 25.8 Å². The minimum Gasteiger partial charge on any atom is -0.493 e. The maximum Gasteiger partial charge on any atom is 0.222 e. The Kier molecular flexibility index (Phi) is 6.35. The maximum atomic E-state index is 12.2. The molecule has 1 aliphatic heterocycles. The number of pyridine rings is 1. The summed E-state index contributed by atoms with van der Waals surface area (Å²) in [6.45, 7) is 1.31. The lowest BCUT2D eigenvalue weighted by Crippen LogP contribution is -2.24. The molecule has 1 fully saturated rings. The van der Waals surface area contributed by atoms with Crippen molar-refractivity contribution in [3.8, 4) is 23.0 Å². The Morgan fingerprint density at radius 1 is 0.875 bits per heavy atom. The van der Waals surface area contributed by atoms with Gasteiger partial charge in [-0.1, -0.05) is 6.07 Å². The molecule has 3 aromatic rings. The number of ether oxygens (including phenoxy) is 4. The van der Waals surface area contributed by atoms with Crippen LogP contribution in [0.3, 0.4) is 0 Å². The van der Waals surface area contributed by atoms with Crippen LogP contribution in [0.5, 0.6) is 23.0 Å². The Labute approximate surface area is 187 Å². The van der Waals surface area contributed by atoms with Gasteiger partial charge in [-0.2, -0.15) is 0 Å². The number of hydrogen-bond donors (Lipinski definition) is 0. The normalized spacial score (nSPS) is 13.5. The standard InChI is InChI=1S/C25H28N2O5/c1-29-21-8-7-16(11-22(21)30-2)10-20-19-13-24(32-4)23(31-3)12-18(19)17(14-26-20)15-27-9-5-6-25(27)28/h7-8,11-14H,5-6,9-10,15H2,1-4H3. The van der Waals surface area contributed by atoms with E-state index in [1.165, 1.54) is 0 Å². The van der Waals surface area contributed by atoms with E-state index in [0.717, 1.165) is 40.6 Å². The van der Waals surface area contributed by atoms with Crippen LogP contribution in [0.2, 0.25) is 0 Å². The molecule has 2 heterocycles. The van der Waals surface area contributed by atoms with Crippen LogP contribution in [0.1, 0.15) is 29.7 Å². The number of carbonyl (C=O) groups is 1. The second-order valence-corrected chi connectivity index (χ2v) is 7.77. The highest BCUT2D eigenvalue weighted by Gasteiger charge is 2.22. The molecule has 0 aliphatic carbocycles. The molecule has 0 atom stereocenters. The third-order valence-corrected chi connectivity index (χ3v) is 5.91. The third kappa shape index (κ3) is 4.15. The fourth-order valence-electron chi connectivity index (χ4n) is 4.21. The Hall–Kier alpha value is -3.48. The van der Waals surface area contributed by atoms with E-state index in [-0.39, 0.29) is 5.91 Å². The van der Waals surface area contributed by atoms with Crippen molar-refractivity contribution in [2.75, 3.05) is 35.0 Å². The van der Waals surface area contributed by atoms with Gasteiger partial charge in [-0.15, -0.1) is 0 Å². The summed E-state index contributed by atoms with van der Waals surface area (Å²) in [6, 6.07) is 9.81. The fourth-order valence-corrected chi connectivity index (χ4v) is 4.21. The summed E-state index contributed by atoms with van der Waals surface area (Å²) in [6.07, 6.45) is 3.99. The topological polar surface area (TPSA) is 70.1 Å². The van der Waals surface area contributed by atoms with E-state index in [9.17, 15) is 4.79 Å². The zero-order valence-corrected chi connectivity index (χ0v) is 18.9. The monoisotopic (exact) mass is 436 g/mol. The zero-order valence-electron chi connectivity index (χ0n) is 18.9. The molecule has 1 saturated heterocycles.